The molecule has 1 atom stereocenters. The summed E-state index contributed by atoms with van der Waals surface area (Å²) in [7, 11) is 0.812. The van der Waals surface area contributed by atoms with Crippen molar-refractivity contribution in [1.29, 1.82) is 0 Å². The molecule has 0 saturated heterocycles. The summed E-state index contributed by atoms with van der Waals surface area (Å²) in [6.45, 7) is 1.74. The number of carbonyl (C=O) groups is 2. The fraction of sp³-hybridized carbons (Fsp3) is 0.278. The fourth-order valence-electron chi connectivity index (χ4n) is 2.36. The minimum atomic E-state index is -5.18. The summed E-state index contributed by atoms with van der Waals surface area (Å²) in [4.78, 5) is 27.0. The topological polar surface area (TPSA) is 81.6 Å². The molecule has 27 heavy (non-hydrogen) atoms. The van der Waals surface area contributed by atoms with Crippen LogP contribution in [-0.4, -0.2) is 30.8 Å². The van der Waals surface area contributed by atoms with Crippen molar-refractivity contribution in [2.45, 2.75) is 25.2 Å². The Balaban J connectivity index is 2.36. The van der Waals surface area contributed by atoms with Crippen LogP contribution < -0.4 is 15.6 Å². The Hall–Kier alpha value is -3.10. The summed E-state index contributed by atoms with van der Waals surface area (Å²) in [5, 5.41) is 3.80. The molecule has 1 aromatic heterocycles. The molecule has 1 aromatic carbocycles. The van der Waals surface area contributed by atoms with Crippen LogP contribution in [0.5, 0.6) is 0 Å². The number of amides is 1. The first-order valence-corrected chi connectivity index (χ1v) is 7.94. The third-order valence-electron chi connectivity index (χ3n) is 3.74. The molecule has 1 amide bonds. The van der Waals surface area contributed by atoms with Gasteiger partial charge in [0.1, 0.15) is 0 Å². The summed E-state index contributed by atoms with van der Waals surface area (Å²) < 4.78 is 46.0. The van der Waals surface area contributed by atoms with Gasteiger partial charge in [-0.1, -0.05) is 30.3 Å². The Morgan fingerprint density at radius 2 is 1.78 bits per heavy atom. The first kappa shape index (κ1) is 20.2. The van der Waals surface area contributed by atoms with Crippen LogP contribution in [0.1, 0.15) is 11.1 Å². The summed E-state index contributed by atoms with van der Waals surface area (Å²) in [5.41, 5.74) is -2.18. The molecule has 0 aliphatic carbocycles. The second kappa shape index (κ2) is 8.07. The van der Waals surface area contributed by atoms with Gasteiger partial charge in [-0.25, -0.2) is 15.1 Å². The predicted molar refractivity (Wildman–Crippen MR) is 90.4 cm³/mol. The van der Waals surface area contributed by atoms with Gasteiger partial charge in [-0.15, -0.1) is 0 Å². The van der Waals surface area contributed by atoms with Crippen molar-refractivity contribution in [1.82, 2.24) is 5.32 Å². The van der Waals surface area contributed by atoms with Gasteiger partial charge in [-0.05, 0) is 24.1 Å². The molecule has 0 aliphatic rings. The van der Waals surface area contributed by atoms with Gasteiger partial charge in [-0.2, -0.15) is 13.2 Å². The second-order valence-corrected chi connectivity index (χ2v) is 5.85. The van der Waals surface area contributed by atoms with Crippen molar-refractivity contribution in [3.05, 3.63) is 59.8 Å². The van der Waals surface area contributed by atoms with E-state index in [1.807, 2.05) is 5.32 Å². The molecule has 0 spiro atoms. The molecule has 0 unspecified atom stereocenters. The van der Waals surface area contributed by atoms with Crippen LogP contribution in [-0.2, 0) is 20.7 Å². The first-order valence-electron chi connectivity index (χ1n) is 7.94. The molecular weight excluding hydrogens is 363 g/mol. The summed E-state index contributed by atoms with van der Waals surface area (Å²) in [6.07, 6.45) is -4.06. The number of H-pyrrole nitrogens is 1. The largest absolute Gasteiger partial charge is 0.464 e. The molecule has 3 N–H and O–H groups in total. The third-order valence-corrected chi connectivity index (χ3v) is 3.74. The van der Waals surface area contributed by atoms with E-state index in [-0.39, 0.29) is 12.2 Å². The van der Waals surface area contributed by atoms with Crippen molar-refractivity contribution in [2.75, 3.05) is 12.4 Å². The van der Waals surface area contributed by atoms with Crippen LogP contribution in [0.2, 0.25) is 0 Å². The summed E-state index contributed by atoms with van der Waals surface area (Å²) in [6, 6.07) is 11.1. The molecule has 9 heteroatoms. The van der Waals surface area contributed by atoms with Gasteiger partial charge in [-0.3, -0.25) is 10.1 Å². The minimum Gasteiger partial charge on any atom is -0.464 e. The van der Waals surface area contributed by atoms with Crippen molar-refractivity contribution in [3.8, 4) is 0 Å². The van der Waals surface area contributed by atoms with E-state index in [0.29, 0.717) is 5.56 Å². The number of halogens is 3. The Labute approximate surface area is 153 Å². The highest BCUT2D eigenvalue weighted by Gasteiger charge is 2.67. The van der Waals surface area contributed by atoms with Crippen molar-refractivity contribution in [3.63, 3.8) is 0 Å². The number of hydrogen-bond donors (Lipinski definition) is 2. The standard InChI is InChI=1S/C18H18F3N3O3/c1-12-8-9-14(22-11-12)23-17(16(26)27-2,18(19,20)21)24-15(25)10-13-6-4-3-5-7-13/h3-9,11H,10H2,1-2H3,(H,22,23)(H,24,25)/p+1/t17-/m1/s1. The first-order chi connectivity index (χ1) is 12.7. The molecule has 0 bridgehead atoms. The van der Waals surface area contributed by atoms with Gasteiger partial charge in [0.25, 0.3) is 5.82 Å². The maximum absolute atomic E-state index is 13.9. The number of nitrogens with one attached hydrogen (secondary N) is 3. The zero-order valence-electron chi connectivity index (χ0n) is 14.7. The normalized spacial score (nSPS) is 13.4. The SMILES string of the molecule is COC(=O)[C@](NC(=O)Cc1ccccc1)(Nc1ccc(C)c[nH+]1)C(F)(F)F. The van der Waals surface area contributed by atoms with Crippen molar-refractivity contribution < 1.29 is 32.5 Å². The number of ether oxygens (including phenoxy) is 1. The van der Waals surface area contributed by atoms with Crippen LogP contribution in [0.4, 0.5) is 19.0 Å². The minimum absolute atomic E-state index is 0.122. The number of anilines is 1. The van der Waals surface area contributed by atoms with Gasteiger partial charge in [0.05, 0.1) is 19.7 Å². The van der Waals surface area contributed by atoms with Gasteiger partial charge < -0.3 is 4.74 Å². The Morgan fingerprint density at radius 1 is 1.11 bits per heavy atom. The number of alkyl halides is 3. The van der Waals surface area contributed by atoms with Crippen molar-refractivity contribution in [2.24, 2.45) is 0 Å². The number of esters is 1. The van der Waals surface area contributed by atoms with Gasteiger partial charge in [0.15, 0.2) is 0 Å². The Morgan fingerprint density at radius 3 is 2.30 bits per heavy atom. The molecule has 2 rings (SSSR count). The molecule has 0 radical (unpaired) electrons. The third kappa shape index (κ3) is 4.75. The van der Waals surface area contributed by atoms with E-state index >= 15 is 0 Å². The van der Waals surface area contributed by atoms with Crippen LogP contribution in [0.25, 0.3) is 0 Å². The zero-order valence-corrected chi connectivity index (χ0v) is 14.7. The highest BCUT2D eigenvalue weighted by Crippen LogP contribution is 2.32. The average Bonchev–Trinajstić information content (AvgIpc) is 2.62. The average molecular weight is 382 g/mol. The molecule has 144 valence electrons. The molecule has 0 fully saturated rings. The van der Waals surface area contributed by atoms with E-state index in [1.165, 1.54) is 12.3 Å². The lowest BCUT2D eigenvalue weighted by Crippen LogP contribution is -2.69. The number of benzene rings is 1. The van der Waals surface area contributed by atoms with Crippen LogP contribution >= 0.6 is 0 Å². The maximum atomic E-state index is 13.9. The summed E-state index contributed by atoms with van der Waals surface area (Å²) in [5.74, 6) is -2.81. The van der Waals surface area contributed by atoms with Crippen LogP contribution in [0, 0.1) is 6.92 Å². The number of carbonyl (C=O) groups excluding carboxylic acids is 2. The Kier molecular flexibility index (Phi) is 6.04. The fourth-order valence-corrected chi connectivity index (χ4v) is 2.36. The van der Waals surface area contributed by atoms with E-state index in [2.05, 4.69) is 9.72 Å². The number of rotatable bonds is 6. The van der Waals surface area contributed by atoms with Gasteiger partial charge in [0.2, 0.25) is 5.91 Å². The lowest BCUT2D eigenvalue weighted by molar-refractivity contribution is -0.363. The number of hydrogen-bond acceptors (Lipinski definition) is 4. The van der Waals surface area contributed by atoms with E-state index in [4.69, 9.17) is 0 Å². The number of aryl methyl sites for hydroxylation is 1. The number of aromatic nitrogens is 1. The zero-order chi connectivity index (χ0) is 20.1. The predicted octanol–water partition coefficient (Wildman–Crippen LogP) is 2.01. The van der Waals surface area contributed by atoms with E-state index < -0.39 is 23.7 Å². The number of aromatic amines is 1. The number of pyridine rings is 1. The number of methoxy groups -OCH3 is 1. The van der Waals surface area contributed by atoms with Crippen LogP contribution in [0.15, 0.2) is 48.7 Å². The smallest absolute Gasteiger partial charge is 0.464 e. The quantitative estimate of drug-likeness (QED) is 0.592. The maximum Gasteiger partial charge on any atom is 0.464 e. The van der Waals surface area contributed by atoms with E-state index in [1.54, 1.807) is 48.6 Å². The highest BCUT2D eigenvalue weighted by atomic mass is 19.4. The highest BCUT2D eigenvalue weighted by molar-refractivity contribution is 5.91. The summed E-state index contributed by atoms with van der Waals surface area (Å²) >= 11 is 0. The molecular formula is C18H19F3N3O3+. The second-order valence-electron chi connectivity index (χ2n) is 5.85. The van der Waals surface area contributed by atoms with Gasteiger partial charge >= 0.3 is 17.8 Å². The monoisotopic (exact) mass is 382 g/mol. The van der Waals surface area contributed by atoms with Crippen molar-refractivity contribution >= 4 is 17.7 Å². The molecule has 2 aromatic rings. The van der Waals surface area contributed by atoms with E-state index in [9.17, 15) is 22.8 Å². The molecule has 6 nitrogen and oxygen atoms in total. The lowest BCUT2D eigenvalue weighted by Gasteiger charge is -2.30. The molecule has 1 heterocycles. The van der Waals surface area contributed by atoms with Gasteiger partial charge in [0, 0.05) is 6.07 Å². The lowest BCUT2D eigenvalue weighted by atomic mass is 10.1. The van der Waals surface area contributed by atoms with E-state index in [0.717, 1.165) is 12.7 Å². The van der Waals surface area contributed by atoms with Crippen LogP contribution in [0.3, 0.4) is 0 Å². The Bertz CT molecular complexity index is 795. The molecule has 0 saturated carbocycles. The molecule has 0 aliphatic heterocycles.